The SMILES string of the molecule is Cc1cc(C#N)ccc1-n1ccc2cnc(Nc3ccc(N4CCN(C)CC4)nc3)nc21. The van der Waals surface area contributed by atoms with Crippen molar-refractivity contribution in [3.63, 3.8) is 0 Å². The van der Waals surface area contributed by atoms with E-state index < -0.39 is 0 Å². The first-order valence-corrected chi connectivity index (χ1v) is 10.6. The molecular formula is C24H24N8. The number of rotatable bonds is 4. The van der Waals surface area contributed by atoms with Crippen LogP contribution in [0.2, 0.25) is 0 Å². The maximum atomic E-state index is 9.14. The number of pyridine rings is 1. The summed E-state index contributed by atoms with van der Waals surface area (Å²) in [5.74, 6) is 1.50. The number of hydrogen-bond donors (Lipinski definition) is 1. The van der Waals surface area contributed by atoms with E-state index in [-0.39, 0.29) is 0 Å². The second-order valence-corrected chi connectivity index (χ2v) is 8.09. The van der Waals surface area contributed by atoms with Gasteiger partial charge < -0.3 is 19.7 Å². The van der Waals surface area contributed by atoms with Gasteiger partial charge in [-0.3, -0.25) is 0 Å². The molecule has 1 fully saturated rings. The summed E-state index contributed by atoms with van der Waals surface area (Å²) in [6.45, 7) is 6.07. The second-order valence-electron chi connectivity index (χ2n) is 8.09. The van der Waals surface area contributed by atoms with E-state index in [9.17, 15) is 0 Å². The van der Waals surface area contributed by atoms with Crippen molar-refractivity contribution < 1.29 is 0 Å². The Bertz CT molecular complexity index is 1290. The molecule has 0 spiro atoms. The number of aryl methyl sites for hydroxylation is 1. The highest BCUT2D eigenvalue weighted by atomic mass is 15.3. The van der Waals surface area contributed by atoms with Crippen molar-refractivity contribution in [2.75, 3.05) is 43.4 Å². The summed E-state index contributed by atoms with van der Waals surface area (Å²) in [6.07, 6.45) is 5.61. The van der Waals surface area contributed by atoms with Gasteiger partial charge in [-0.15, -0.1) is 0 Å². The van der Waals surface area contributed by atoms with E-state index in [0.29, 0.717) is 11.5 Å². The number of anilines is 3. The Kier molecular flexibility index (Phi) is 5.17. The summed E-state index contributed by atoms with van der Waals surface area (Å²) in [7, 11) is 2.15. The third-order valence-corrected chi connectivity index (χ3v) is 5.84. The normalized spacial score (nSPS) is 14.5. The third-order valence-electron chi connectivity index (χ3n) is 5.84. The molecule has 0 unspecified atom stereocenters. The number of hydrogen-bond acceptors (Lipinski definition) is 7. The number of nitrogens with one attached hydrogen (secondary N) is 1. The van der Waals surface area contributed by atoms with Crippen LogP contribution in [-0.2, 0) is 0 Å². The smallest absolute Gasteiger partial charge is 0.229 e. The quantitative estimate of drug-likeness (QED) is 0.537. The van der Waals surface area contributed by atoms with Crippen LogP contribution in [0.25, 0.3) is 16.7 Å². The molecule has 5 rings (SSSR count). The lowest BCUT2D eigenvalue weighted by Crippen LogP contribution is -2.44. The predicted octanol–water partition coefficient (Wildman–Crippen LogP) is 3.49. The molecule has 0 amide bonds. The minimum Gasteiger partial charge on any atom is -0.354 e. The molecule has 1 saturated heterocycles. The Morgan fingerprint density at radius 1 is 1.00 bits per heavy atom. The lowest BCUT2D eigenvalue weighted by Gasteiger charge is -2.33. The Labute approximate surface area is 186 Å². The Morgan fingerprint density at radius 2 is 1.84 bits per heavy atom. The van der Waals surface area contributed by atoms with Crippen molar-refractivity contribution in [3.05, 3.63) is 66.1 Å². The molecule has 160 valence electrons. The second kappa shape index (κ2) is 8.29. The van der Waals surface area contributed by atoms with Crippen LogP contribution in [0.15, 0.2) is 55.0 Å². The number of likely N-dealkylation sites (N-methyl/N-ethyl adjacent to an activating group) is 1. The number of piperazine rings is 1. The highest BCUT2D eigenvalue weighted by molar-refractivity contribution is 5.79. The summed E-state index contributed by atoms with van der Waals surface area (Å²) in [4.78, 5) is 18.5. The average Bonchev–Trinajstić information content (AvgIpc) is 3.23. The van der Waals surface area contributed by atoms with E-state index >= 15 is 0 Å². The lowest BCUT2D eigenvalue weighted by molar-refractivity contribution is 0.312. The standard InChI is InChI=1S/C24H24N8/c1-17-13-18(14-25)3-5-21(17)32-8-7-19-15-27-24(29-23(19)32)28-20-4-6-22(26-16-20)31-11-9-30(2)10-12-31/h3-8,13,15-16H,9-12H2,1-2H3,(H,27,28,29). The Hall–Kier alpha value is -3.96. The minimum atomic E-state index is 0.512. The molecule has 4 aromatic rings. The van der Waals surface area contributed by atoms with Crippen LogP contribution in [0.1, 0.15) is 11.1 Å². The van der Waals surface area contributed by atoms with Gasteiger partial charge in [-0.25, -0.2) is 9.97 Å². The predicted molar refractivity (Wildman–Crippen MR) is 126 cm³/mol. The van der Waals surface area contributed by atoms with E-state index in [1.165, 1.54) is 0 Å². The van der Waals surface area contributed by atoms with Crippen LogP contribution in [0.3, 0.4) is 0 Å². The van der Waals surface area contributed by atoms with Gasteiger partial charge in [0.2, 0.25) is 5.95 Å². The van der Waals surface area contributed by atoms with Crippen LogP contribution < -0.4 is 10.2 Å². The minimum absolute atomic E-state index is 0.512. The molecule has 8 heteroatoms. The Balaban J connectivity index is 1.39. The summed E-state index contributed by atoms with van der Waals surface area (Å²) >= 11 is 0. The molecule has 1 aromatic carbocycles. The van der Waals surface area contributed by atoms with Gasteiger partial charge in [0.15, 0.2) is 0 Å². The topological polar surface area (TPSA) is 85.9 Å². The first-order chi connectivity index (χ1) is 15.6. The zero-order valence-corrected chi connectivity index (χ0v) is 18.2. The molecule has 0 aliphatic carbocycles. The third kappa shape index (κ3) is 3.86. The molecule has 0 saturated carbocycles. The molecule has 32 heavy (non-hydrogen) atoms. The molecule has 1 aliphatic rings. The maximum Gasteiger partial charge on any atom is 0.229 e. The Morgan fingerprint density at radius 3 is 2.56 bits per heavy atom. The highest BCUT2D eigenvalue weighted by Crippen LogP contribution is 2.24. The van der Waals surface area contributed by atoms with Crippen molar-refractivity contribution in [1.82, 2.24) is 24.4 Å². The molecule has 1 N–H and O–H groups in total. The fraction of sp³-hybridized carbons (Fsp3) is 0.250. The molecule has 3 aromatic heterocycles. The number of fused-ring (bicyclic) bond motifs is 1. The molecule has 0 bridgehead atoms. The number of nitriles is 1. The first kappa shape index (κ1) is 20.0. The lowest BCUT2D eigenvalue weighted by atomic mass is 10.1. The van der Waals surface area contributed by atoms with Gasteiger partial charge in [0, 0.05) is 49.6 Å². The van der Waals surface area contributed by atoms with Gasteiger partial charge >= 0.3 is 0 Å². The summed E-state index contributed by atoms with van der Waals surface area (Å²) in [5.41, 5.74) is 4.29. The number of nitrogens with zero attached hydrogens (tertiary/aromatic N) is 7. The van der Waals surface area contributed by atoms with Crippen LogP contribution in [-0.4, -0.2) is 57.6 Å². The van der Waals surface area contributed by atoms with Crippen molar-refractivity contribution >= 4 is 28.5 Å². The molecule has 0 atom stereocenters. The number of benzene rings is 1. The van der Waals surface area contributed by atoms with Gasteiger partial charge in [-0.2, -0.15) is 10.2 Å². The van der Waals surface area contributed by atoms with Crippen molar-refractivity contribution in [1.29, 1.82) is 5.26 Å². The van der Waals surface area contributed by atoms with Crippen LogP contribution >= 0.6 is 0 Å². The molecule has 0 radical (unpaired) electrons. The fourth-order valence-electron chi connectivity index (χ4n) is 3.98. The van der Waals surface area contributed by atoms with E-state index in [4.69, 9.17) is 10.2 Å². The largest absolute Gasteiger partial charge is 0.354 e. The number of aromatic nitrogens is 4. The zero-order chi connectivity index (χ0) is 22.1. The zero-order valence-electron chi connectivity index (χ0n) is 18.2. The fourth-order valence-corrected chi connectivity index (χ4v) is 3.98. The van der Waals surface area contributed by atoms with E-state index in [1.807, 2.05) is 66.5 Å². The van der Waals surface area contributed by atoms with Crippen LogP contribution in [0, 0.1) is 18.3 Å². The molecule has 1 aliphatic heterocycles. The molecule has 8 nitrogen and oxygen atoms in total. The monoisotopic (exact) mass is 424 g/mol. The van der Waals surface area contributed by atoms with Crippen LogP contribution in [0.5, 0.6) is 0 Å². The first-order valence-electron chi connectivity index (χ1n) is 10.6. The van der Waals surface area contributed by atoms with Gasteiger partial charge in [-0.05, 0) is 55.9 Å². The van der Waals surface area contributed by atoms with Gasteiger partial charge in [-0.1, -0.05) is 0 Å². The average molecular weight is 425 g/mol. The summed E-state index contributed by atoms with van der Waals surface area (Å²) in [6, 6.07) is 13.9. The summed E-state index contributed by atoms with van der Waals surface area (Å²) < 4.78 is 2.02. The summed E-state index contributed by atoms with van der Waals surface area (Å²) in [5, 5.41) is 13.4. The van der Waals surface area contributed by atoms with E-state index in [2.05, 4.69) is 38.2 Å². The molecule has 4 heterocycles. The van der Waals surface area contributed by atoms with Crippen molar-refractivity contribution in [2.24, 2.45) is 0 Å². The van der Waals surface area contributed by atoms with Crippen molar-refractivity contribution in [3.8, 4) is 11.8 Å². The van der Waals surface area contributed by atoms with E-state index in [0.717, 1.165) is 60.0 Å². The maximum absolute atomic E-state index is 9.14. The van der Waals surface area contributed by atoms with E-state index in [1.54, 1.807) is 0 Å². The van der Waals surface area contributed by atoms with Gasteiger partial charge in [0.25, 0.3) is 0 Å². The van der Waals surface area contributed by atoms with Gasteiger partial charge in [0.1, 0.15) is 11.5 Å². The van der Waals surface area contributed by atoms with Gasteiger partial charge in [0.05, 0.1) is 23.5 Å². The van der Waals surface area contributed by atoms with Crippen molar-refractivity contribution in [2.45, 2.75) is 6.92 Å². The van der Waals surface area contributed by atoms with Crippen LogP contribution in [0.4, 0.5) is 17.5 Å². The highest BCUT2D eigenvalue weighted by Gasteiger charge is 2.15. The molecular weight excluding hydrogens is 400 g/mol.